The molecule has 0 amide bonds. The molecule has 1 N–H and O–H groups in total. The van der Waals surface area contributed by atoms with Crippen molar-refractivity contribution < 1.29 is 0 Å². The van der Waals surface area contributed by atoms with Gasteiger partial charge in [0.1, 0.15) is 5.52 Å². The molecule has 0 bridgehead atoms. The van der Waals surface area contributed by atoms with Crippen molar-refractivity contribution in [2.75, 3.05) is 0 Å². The van der Waals surface area contributed by atoms with Gasteiger partial charge in [0.05, 0.1) is 6.20 Å². The molecule has 0 aromatic carbocycles. The van der Waals surface area contributed by atoms with Gasteiger partial charge in [0, 0.05) is 0 Å². The lowest BCUT2D eigenvalue weighted by Gasteiger charge is -1.85. The van der Waals surface area contributed by atoms with Gasteiger partial charge in [-0.05, 0) is 11.6 Å². The summed E-state index contributed by atoms with van der Waals surface area (Å²) in [6.07, 6.45) is 4.07. The Labute approximate surface area is 61.3 Å². The van der Waals surface area contributed by atoms with E-state index in [1.807, 2.05) is 0 Å². The fourth-order valence-electron chi connectivity index (χ4n) is 0.669. The van der Waals surface area contributed by atoms with Crippen LogP contribution >= 0.6 is 11.6 Å². The van der Waals surface area contributed by atoms with Crippen LogP contribution in [0.2, 0.25) is 5.28 Å². The molecule has 0 fully saturated rings. The molecule has 10 heavy (non-hydrogen) atoms. The van der Waals surface area contributed by atoms with E-state index in [9.17, 15) is 0 Å². The van der Waals surface area contributed by atoms with Crippen molar-refractivity contribution in [3.05, 3.63) is 17.8 Å². The molecule has 0 aliphatic heterocycles. The fraction of sp³-hybridized carbons (Fsp3) is 0. The van der Waals surface area contributed by atoms with E-state index in [0.29, 0.717) is 11.2 Å². The average Bonchev–Trinajstić information content (AvgIpc) is 2.33. The van der Waals surface area contributed by atoms with Crippen molar-refractivity contribution in [3.63, 3.8) is 0 Å². The minimum Gasteiger partial charge on any atom is -0.320 e. The van der Waals surface area contributed by atoms with E-state index in [4.69, 9.17) is 11.6 Å². The van der Waals surface area contributed by atoms with Crippen molar-refractivity contribution in [3.8, 4) is 0 Å². The standard InChI is InChI=1S/C5H2ClN4/c6-5-7-1-3-4(10-5)9-2-8-3/h1H,(H,7,8,9,10). The topological polar surface area (TPSA) is 54.5 Å². The molecule has 0 saturated heterocycles. The highest BCUT2D eigenvalue weighted by molar-refractivity contribution is 6.28. The fourth-order valence-corrected chi connectivity index (χ4v) is 0.802. The predicted molar refractivity (Wildman–Crippen MR) is 35.5 cm³/mol. The molecular weight excluding hydrogens is 152 g/mol. The van der Waals surface area contributed by atoms with Gasteiger partial charge in [-0.1, -0.05) is 0 Å². The van der Waals surface area contributed by atoms with Gasteiger partial charge in [0.15, 0.2) is 12.0 Å². The third-order valence-electron chi connectivity index (χ3n) is 1.09. The van der Waals surface area contributed by atoms with E-state index in [1.165, 1.54) is 6.20 Å². The van der Waals surface area contributed by atoms with Gasteiger partial charge in [-0.25, -0.2) is 9.97 Å². The van der Waals surface area contributed by atoms with E-state index >= 15 is 0 Å². The molecular formula is C5H2ClN4. The highest BCUT2D eigenvalue weighted by atomic mass is 35.5. The second kappa shape index (κ2) is 1.91. The quantitative estimate of drug-likeness (QED) is 0.570. The number of nitrogens with one attached hydrogen (secondary N) is 1. The Morgan fingerprint density at radius 1 is 1.60 bits per heavy atom. The van der Waals surface area contributed by atoms with E-state index in [-0.39, 0.29) is 5.28 Å². The Balaban J connectivity index is 2.86. The summed E-state index contributed by atoms with van der Waals surface area (Å²) in [4.78, 5) is 14.1. The Hall–Kier alpha value is -1.16. The molecule has 5 heteroatoms. The highest BCUT2D eigenvalue weighted by Crippen LogP contribution is 2.05. The second-order valence-electron chi connectivity index (χ2n) is 1.72. The number of hydrogen-bond donors (Lipinski definition) is 1. The molecule has 49 valence electrons. The lowest BCUT2D eigenvalue weighted by Crippen LogP contribution is -1.81. The summed E-state index contributed by atoms with van der Waals surface area (Å²) < 4.78 is 0. The Morgan fingerprint density at radius 2 is 2.50 bits per heavy atom. The average molecular weight is 154 g/mol. The molecule has 0 atom stereocenters. The van der Waals surface area contributed by atoms with Crippen molar-refractivity contribution in [2.45, 2.75) is 0 Å². The number of rotatable bonds is 0. The first-order valence-corrected chi connectivity index (χ1v) is 2.98. The largest absolute Gasteiger partial charge is 0.320 e. The Kier molecular flexibility index (Phi) is 1.07. The van der Waals surface area contributed by atoms with Crippen LogP contribution in [0, 0.1) is 6.33 Å². The zero-order valence-electron chi connectivity index (χ0n) is 4.80. The van der Waals surface area contributed by atoms with E-state index in [1.54, 1.807) is 0 Å². The Bertz CT molecular complexity index is 355. The molecule has 0 spiro atoms. The van der Waals surface area contributed by atoms with Crippen molar-refractivity contribution in [2.24, 2.45) is 0 Å². The first-order chi connectivity index (χ1) is 4.86. The third-order valence-corrected chi connectivity index (χ3v) is 1.27. The van der Waals surface area contributed by atoms with Crippen LogP contribution in [0.5, 0.6) is 0 Å². The third kappa shape index (κ3) is 0.733. The molecule has 0 unspecified atom stereocenters. The van der Waals surface area contributed by atoms with Gasteiger partial charge in [-0.15, -0.1) is 0 Å². The summed E-state index contributed by atoms with van der Waals surface area (Å²) in [5, 5.41) is 0.213. The first-order valence-electron chi connectivity index (χ1n) is 2.60. The van der Waals surface area contributed by atoms with Gasteiger partial charge in [-0.2, -0.15) is 4.98 Å². The lowest BCUT2D eigenvalue weighted by atomic mass is 10.6. The molecule has 2 rings (SSSR count). The number of aromatic nitrogens is 4. The number of aromatic amines is 1. The van der Waals surface area contributed by atoms with Crippen LogP contribution in [0.25, 0.3) is 11.2 Å². The monoisotopic (exact) mass is 153 g/mol. The molecule has 2 aromatic rings. The number of halogens is 1. The molecule has 2 heterocycles. The van der Waals surface area contributed by atoms with Crippen LogP contribution in [-0.4, -0.2) is 19.9 Å². The smallest absolute Gasteiger partial charge is 0.224 e. The molecule has 0 aliphatic rings. The van der Waals surface area contributed by atoms with Crippen LogP contribution in [-0.2, 0) is 0 Å². The zero-order chi connectivity index (χ0) is 6.97. The van der Waals surface area contributed by atoms with Crippen LogP contribution in [0.15, 0.2) is 6.20 Å². The first kappa shape index (κ1) is 5.61. The van der Waals surface area contributed by atoms with E-state index < -0.39 is 0 Å². The molecule has 1 radical (unpaired) electrons. The summed E-state index contributed by atoms with van der Waals surface area (Å²) in [5.41, 5.74) is 1.28. The highest BCUT2D eigenvalue weighted by Gasteiger charge is 1.97. The summed E-state index contributed by atoms with van der Waals surface area (Å²) in [5.74, 6) is 0. The minimum absolute atomic E-state index is 0.213. The zero-order valence-corrected chi connectivity index (χ0v) is 5.55. The second-order valence-corrected chi connectivity index (χ2v) is 2.06. The lowest BCUT2D eigenvalue weighted by molar-refractivity contribution is 1.20. The van der Waals surface area contributed by atoms with Crippen LogP contribution in [0.4, 0.5) is 0 Å². The SMILES string of the molecule is Clc1ncc2n[c][nH]c2n1. The van der Waals surface area contributed by atoms with Gasteiger partial charge >= 0.3 is 0 Å². The van der Waals surface area contributed by atoms with E-state index in [0.717, 1.165) is 0 Å². The van der Waals surface area contributed by atoms with Crippen LogP contribution in [0.1, 0.15) is 0 Å². The number of H-pyrrole nitrogens is 1. The summed E-state index contributed by atoms with van der Waals surface area (Å²) in [7, 11) is 0. The maximum atomic E-state index is 5.49. The predicted octanol–water partition coefficient (Wildman–Crippen LogP) is 0.806. The normalized spacial score (nSPS) is 10.5. The van der Waals surface area contributed by atoms with Gasteiger partial charge in [0.25, 0.3) is 0 Å². The maximum Gasteiger partial charge on any atom is 0.224 e. The molecule has 0 aliphatic carbocycles. The number of nitrogens with zero attached hydrogens (tertiary/aromatic N) is 3. The van der Waals surface area contributed by atoms with Crippen LogP contribution < -0.4 is 0 Å². The molecule has 4 nitrogen and oxygen atoms in total. The number of imidazole rings is 1. The van der Waals surface area contributed by atoms with Gasteiger partial charge in [0.2, 0.25) is 5.28 Å². The maximum absolute atomic E-state index is 5.49. The number of fused-ring (bicyclic) bond motifs is 1. The summed E-state index contributed by atoms with van der Waals surface area (Å²) >= 11 is 5.49. The number of hydrogen-bond acceptors (Lipinski definition) is 3. The minimum atomic E-state index is 0.213. The van der Waals surface area contributed by atoms with Crippen molar-refractivity contribution >= 4 is 22.8 Å². The molecule has 0 saturated carbocycles. The van der Waals surface area contributed by atoms with Gasteiger partial charge in [-0.3, -0.25) is 0 Å². The summed E-state index contributed by atoms with van der Waals surface area (Å²) in [6.45, 7) is 0. The van der Waals surface area contributed by atoms with Gasteiger partial charge < -0.3 is 4.98 Å². The van der Waals surface area contributed by atoms with Crippen LogP contribution in [0.3, 0.4) is 0 Å². The summed E-state index contributed by atoms with van der Waals surface area (Å²) in [6, 6.07) is 0. The molecule has 2 aromatic heterocycles. The van der Waals surface area contributed by atoms with E-state index in [2.05, 4.69) is 26.3 Å². The van der Waals surface area contributed by atoms with Crippen molar-refractivity contribution in [1.82, 2.24) is 19.9 Å². The Morgan fingerprint density at radius 3 is 3.40 bits per heavy atom. The van der Waals surface area contributed by atoms with Crippen molar-refractivity contribution in [1.29, 1.82) is 0 Å².